The molecule has 6 heteroatoms. The van der Waals surface area contributed by atoms with E-state index in [1.54, 1.807) is 7.05 Å². The van der Waals surface area contributed by atoms with Crippen molar-refractivity contribution in [2.24, 2.45) is 4.99 Å². The standard InChI is InChI=1S/C21H30N4O.HI/c1-22-21(24-13-7-15-26-18-8-3-2-4-9-18)25-16-17-12-14-23-20-11-6-5-10-19(17)20;/h5-6,10-12,14,18H,2-4,7-9,13,15-16H2,1H3,(H2,22,24,25);1H. The summed E-state index contributed by atoms with van der Waals surface area (Å²) in [5, 5.41) is 7.94. The first-order valence-corrected chi connectivity index (χ1v) is 9.75. The number of guanidine groups is 1. The van der Waals surface area contributed by atoms with E-state index in [2.05, 4.69) is 32.7 Å². The lowest BCUT2D eigenvalue weighted by Crippen LogP contribution is -2.37. The maximum absolute atomic E-state index is 5.97. The summed E-state index contributed by atoms with van der Waals surface area (Å²) in [4.78, 5) is 8.72. The van der Waals surface area contributed by atoms with E-state index in [0.717, 1.165) is 37.6 Å². The SMILES string of the molecule is CN=C(NCCCOC1CCCCC1)NCc1ccnc2ccccc12.I. The lowest BCUT2D eigenvalue weighted by Gasteiger charge is -2.22. The molecule has 0 unspecified atom stereocenters. The molecular weight excluding hydrogens is 451 g/mol. The van der Waals surface area contributed by atoms with Crippen LogP contribution in [0.2, 0.25) is 0 Å². The monoisotopic (exact) mass is 482 g/mol. The van der Waals surface area contributed by atoms with Crippen molar-refractivity contribution in [3.63, 3.8) is 0 Å². The molecule has 1 saturated carbocycles. The topological polar surface area (TPSA) is 58.5 Å². The quantitative estimate of drug-likeness (QED) is 0.268. The van der Waals surface area contributed by atoms with Crippen LogP contribution in [0, 0.1) is 0 Å². The van der Waals surface area contributed by atoms with E-state index in [0.29, 0.717) is 6.10 Å². The van der Waals surface area contributed by atoms with Crippen LogP contribution < -0.4 is 10.6 Å². The number of aliphatic imine (C=N–C) groups is 1. The molecule has 0 amide bonds. The molecule has 0 radical (unpaired) electrons. The number of halogens is 1. The number of hydrogen-bond donors (Lipinski definition) is 2. The molecule has 1 fully saturated rings. The fourth-order valence-corrected chi connectivity index (χ4v) is 3.47. The largest absolute Gasteiger partial charge is 0.378 e. The number of nitrogens with zero attached hydrogens (tertiary/aromatic N) is 2. The van der Waals surface area contributed by atoms with Crippen molar-refractivity contribution in [2.45, 2.75) is 51.2 Å². The first kappa shape index (κ1) is 21.9. The fourth-order valence-electron chi connectivity index (χ4n) is 3.47. The molecule has 2 aromatic rings. The van der Waals surface area contributed by atoms with Crippen LogP contribution >= 0.6 is 24.0 Å². The van der Waals surface area contributed by atoms with Gasteiger partial charge in [0, 0.05) is 38.3 Å². The third kappa shape index (κ3) is 6.92. The van der Waals surface area contributed by atoms with Crippen LogP contribution in [0.1, 0.15) is 44.1 Å². The normalized spacial score (nSPS) is 15.4. The highest BCUT2D eigenvalue weighted by atomic mass is 127. The number of nitrogens with one attached hydrogen (secondary N) is 2. The highest BCUT2D eigenvalue weighted by Gasteiger charge is 2.13. The Labute approximate surface area is 179 Å². The Morgan fingerprint density at radius 1 is 1.15 bits per heavy atom. The Morgan fingerprint density at radius 3 is 2.78 bits per heavy atom. The maximum Gasteiger partial charge on any atom is 0.191 e. The lowest BCUT2D eigenvalue weighted by molar-refractivity contribution is 0.0277. The van der Waals surface area contributed by atoms with Crippen LogP contribution in [0.15, 0.2) is 41.5 Å². The molecule has 1 aliphatic carbocycles. The van der Waals surface area contributed by atoms with Crippen molar-refractivity contribution >= 4 is 40.8 Å². The Kier molecular flexibility index (Phi) is 9.83. The summed E-state index contributed by atoms with van der Waals surface area (Å²) in [5.41, 5.74) is 2.24. The van der Waals surface area contributed by atoms with E-state index in [9.17, 15) is 0 Å². The second-order valence-electron chi connectivity index (χ2n) is 6.82. The van der Waals surface area contributed by atoms with Gasteiger partial charge in [-0.15, -0.1) is 24.0 Å². The molecule has 27 heavy (non-hydrogen) atoms. The summed E-state index contributed by atoms with van der Waals surface area (Å²) >= 11 is 0. The molecule has 1 heterocycles. The molecule has 3 rings (SSSR count). The Hall–Kier alpha value is -1.41. The summed E-state index contributed by atoms with van der Waals surface area (Å²) in [7, 11) is 1.80. The number of rotatable bonds is 7. The molecule has 5 nitrogen and oxygen atoms in total. The highest BCUT2D eigenvalue weighted by molar-refractivity contribution is 14.0. The van der Waals surface area contributed by atoms with Crippen LogP contribution in [0.5, 0.6) is 0 Å². The molecule has 0 aliphatic heterocycles. The number of fused-ring (bicyclic) bond motifs is 1. The smallest absolute Gasteiger partial charge is 0.191 e. The average Bonchev–Trinajstić information content (AvgIpc) is 2.71. The zero-order valence-corrected chi connectivity index (χ0v) is 18.4. The van der Waals surface area contributed by atoms with Crippen LogP contribution in [-0.2, 0) is 11.3 Å². The first-order chi connectivity index (χ1) is 12.9. The van der Waals surface area contributed by atoms with Gasteiger partial charge in [0.15, 0.2) is 5.96 Å². The lowest BCUT2D eigenvalue weighted by atomic mass is 9.98. The number of aromatic nitrogens is 1. The third-order valence-electron chi connectivity index (χ3n) is 4.93. The van der Waals surface area contributed by atoms with E-state index in [1.807, 2.05) is 24.4 Å². The van der Waals surface area contributed by atoms with Crippen molar-refractivity contribution in [3.8, 4) is 0 Å². The van der Waals surface area contributed by atoms with Crippen LogP contribution in [0.25, 0.3) is 10.9 Å². The molecule has 1 aliphatic rings. The van der Waals surface area contributed by atoms with Gasteiger partial charge in [0.05, 0.1) is 11.6 Å². The summed E-state index contributed by atoms with van der Waals surface area (Å²) in [5.74, 6) is 0.823. The third-order valence-corrected chi connectivity index (χ3v) is 4.93. The number of ether oxygens (including phenoxy) is 1. The summed E-state index contributed by atoms with van der Waals surface area (Å²) in [6.45, 7) is 2.41. The van der Waals surface area contributed by atoms with Gasteiger partial charge >= 0.3 is 0 Å². The van der Waals surface area contributed by atoms with Gasteiger partial charge < -0.3 is 15.4 Å². The number of para-hydroxylation sites is 1. The molecule has 0 spiro atoms. The van der Waals surface area contributed by atoms with Crippen LogP contribution in [0.4, 0.5) is 0 Å². The van der Waals surface area contributed by atoms with Gasteiger partial charge in [0.1, 0.15) is 0 Å². The number of hydrogen-bond acceptors (Lipinski definition) is 3. The van der Waals surface area contributed by atoms with E-state index in [-0.39, 0.29) is 24.0 Å². The van der Waals surface area contributed by atoms with Crippen LogP contribution in [0.3, 0.4) is 0 Å². The highest BCUT2D eigenvalue weighted by Crippen LogP contribution is 2.20. The minimum absolute atomic E-state index is 0. The predicted molar refractivity (Wildman–Crippen MR) is 123 cm³/mol. The molecule has 2 N–H and O–H groups in total. The second kappa shape index (κ2) is 12.1. The summed E-state index contributed by atoms with van der Waals surface area (Å²) in [6, 6.07) is 10.3. The van der Waals surface area contributed by atoms with Crippen molar-refractivity contribution in [1.82, 2.24) is 15.6 Å². The Balaban J connectivity index is 0.00000261. The molecule has 148 valence electrons. The van der Waals surface area contributed by atoms with Gasteiger partial charge in [0.25, 0.3) is 0 Å². The first-order valence-electron chi connectivity index (χ1n) is 9.75. The van der Waals surface area contributed by atoms with E-state index in [4.69, 9.17) is 4.74 Å². The van der Waals surface area contributed by atoms with Gasteiger partial charge in [-0.1, -0.05) is 37.5 Å². The molecule has 0 bridgehead atoms. The van der Waals surface area contributed by atoms with Gasteiger partial charge in [-0.3, -0.25) is 9.98 Å². The van der Waals surface area contributed by atoms with E-state index >= 15 is 0 Å². The minimum Gasteiger partial charge on any atom is -0.378 e. The zero-order chi connectivity index (χ0) is 18.0. The maximum atomic E-state index is 5.97. The predicted octanol–water partition coefficient (Wildman–Crippen LogP) is 4.26. The Bertz CT molecular complexity index is 711. The summed E-state index contributed by atoms with van der Waals surface area (Å²) < 4.78 is 5.97. The van der Waals surface area contributed by atoms with E-state index in [1.165, 1.54) is 43.1 Å². The molecule has 0 atom stereocenters. The molecule has 0 saturated heterocycles. The van der Waals surface area contributed by atoms with Crippen molar-refractivity contribution in [2.75, 3.05) is 20.2 Å². The van der Waals surface area contributed by atoms with Gasteiger partial charge in [-0.05, 0) is 37.0 Å². The van der Waals surface area contributed by atoms with Crippen molar-refractivity contribution in [1.29, 1.82) is 0 Å². The average molecular weight is 482 g/mol. The van der Waals surface area contributed by atoms with Crippen LogP contribution in [-0.4, -0.2) is 37.2 Å². The molecular formula is C21H31IN4O. The zero-order valence-electron chi connectivity index (χ0n) is 16.1. The van der Waals surface area contributed by atoms with E-state index < -0.39 is 0 Å². The van der Waals surface area contributed by atoms with Crippen molar-refractivity contribution < 1.29 is 4.74 Å². The van der Waals surface area contributed by atoms with Gasteiger partial charge in [0.2, 0.25) is 0 Å². The number of pyridine rings is 1. The summed E-state index contributed by atoms with van der Waals surface area (Å²) in [6.07, 6.45) is 9.82. The minimum atomic E-state index is 0. The molecule has 1 aromatic heterocycles. The number of benzene rings is 1. The van der Waals surface area contributed by atoms with Crippen molar-refractivity contribution in [3.05, 3.63) is 42.1 Å². The second-order valence-corrected chi connectivity index (χ2v) is 6.82. The Morgan fingerprint density at radius 2 is 1.96 bits per heavy atom. The van der Waals surface area contributed by atoms with Gasteiger partial charge in [-0.25, -0.2) is 0 Å². The molecule has 1 aromatic carbocycles. The van der Waals surface area contributed by atoms with Gasteiger partial charge in [-0.2, -0.15) is 0 Å². The fraction of sp³-hybridized carbons (Fsp3) is 0.524.